The summed E-state index contributed by atoms with van der Waals surface area (Å²) in [6.07, 6.45) is 0.255. The second-order valence-electron chi connectivity index (χ2n) is 6.21. The molecule has 0 aromatic heterocycles. The number of para-hydroxylation sites is 2. The number of hydrogen-bond acceptors (Lipinski definition) is 5. The van der Waals surface area contributed by atoms with Crippen molar-refractivity contribution in [2.24, 2.45) is 15.2 Å². The first-order chi connectivity index (χ1) is 13.3. The van der Waals surface area contributed by atoms with Crippen molar-refractivity contribution in [3.63, 3.8) is 0 Å². The van der Waals surface area contributed by atoms with Crippen LogP contribution in [0.15, 0.2) is 100 Å². The molecule has 5 heteroatoms. The first-order valence-electron chi connectivity index (χ1n) is 8.79. The van der Waals surface area contributed by atoms with Gasteiger partial charge in [0.25, 0.3) is 0 Å². The highest BCUT2D eigenvalue weighted by molar-refractivity contribution is 6.04. The molecule has 1 aliphatic heterocycles. The van der Waals surface area contributed by atoms with Gasteiger partial charge < -0.3 is 5.32 Å². The van der Waals surface area contributed by atoms with Crippen molar-refractivity contribution >= 4 is 28.7 Å². The molecular weight excluding hydrogens is 336 g/mol. The lowest BCUT2D eigenvalue weighted by Crippen LogP contribution is -2.33. The Labute approximate surface area is 157 Å². The van der Waals surface area contributed by atoms with Crippen LogP contribution in [0, 0.1) is 0 Å². The third-order valence-corrected chi connectivity index (χ3v) is 4.29. The monoisotopic (exact) mass is 354 g/mol. The molecule has 1 atom stereocenters. The van der Waals surface area contributed by atoms with Gasteiger partial charge in [-0.1, -0.05) is 60.7 Å². The molecule has 4 rings (SSSR count). The SMILES string of the molecule is O=C(CC1Nc2ccccc2N=C1N=Nc1ccccc1)c1ccccc1. The molecule has 0 bridgehead atoms. The van der Waals surface area contributed by atoms with Crippen LogP contribution in [-0.2, 0) is 0 Å². The lowest BCUT2D eigenvalue weighted by atomic mass is 10.0. The van der Waals surface area contributed by atoms with Gasteiger partial charge in [-0.05, 0) is 24.3 Å². The molecule has 1 N–H and O–H groups in total. The fourth-order valence-corrected chi connectivity index (χ4v) is 2.91. The second kappa shape index (κ2) is 7.74. The van der Waals surface area contributed by atoms with Gasteiger partial charge in [0.15, 0.2) is 11.6 Å². The van der Waals surface area contributed by atoms with Gasteiger partial charge in [-0.25, -0.2) is 4.99 Å². The van der Waals surface area contributed by atoms with Crippen molar-refractivity contribution in [3.05, 3.63) is 90.5 Å². The third kappa shape index (κ3) is 3.98. The van der Waals surface area contributed by atoms with Crippen LogP contribution in [0.5, 0.6) is 0 Å². The fraction of sp³-hybridized carbons (Fsp3) is 0.0909. The van der Waals surface area contributed by atoms with Crippen LogP contribution in [0.1, 0.15) is 16.8 Å². The number of azo groups is 1. The van der Waals surface area contributed by atoms with Gasteiger partial charge in [-0.2, -0.15) is 0 Å². The highest BCUT2D eigenvalue weighted by Crippen LogP contribution is 2.31. The first kappa shape index (κ1) is 16.8. The second-order valence-corrected chi connectivity index (χ2v) is 6.21. The molecule has 3 aromatic carbocycles. The topological polar surface area (TPSA) is 66.2 Å². The van der Waals surface area contributed by atoms with Crippen molar-refractivity contribution < 1.29 is 4.79 Å². The van der Waals surface area contributed by atoms with E-state index in [2.05, 4.69) is 20.5 Å². The van der Waals surface area contributed by atoms with Gasteiger partial charge in [-0.3, -0.25) is 4.79 Å². The normalized spacial score (nSPS) is 15.7. The Balaban J connectivity index is 1.62. The lowest BCUT2D eigenvalue weighted by molar-refractivity contribution is 0.0982. The molecule has 0 aliphatic carbocycles. The maximum atomic E-state index is 12.7. The zero-order valence-corrected chi connectivity index (χ0v) is 14.6. The largest absolute Gasteiger partial charge is 0.373 e. The van der Waals surface area contributed by atoms with E-state index in [0.29, 0.717) is 11.4 Å². The van der Waals surface area contributed by atoms with E-state index in [0.717, 1.165) is 17.1 Å². The Kier molecular flexibility index (Phi) is 4.83. The van der Waals surface area contributed by atoms with Crippen molar-refractivity contribution in [2.75, 3.05) is 5.32 Å². The lowest BCUT2D eigenvalue weighted by Gasteiger charge is -2.24. The van der Waals surface area contributed by atoms with Gasteiger partial charge in [-0.15, -0.1) is 10.2 Å². The van der Waals surface area contributed by atoms with Crippen LogP contribution in [0.3, 0.4) is 0 Å². The zero-order chi connectivity index (χ0) is 18.5. The molecule has 5 nitrogen and oxygen atoms in total. The quantitative estimate of drug-likeness (QED) is 0.492. The maximum Gasteiger partial charge on any atom is 0.174 e. The van der Waals surface area contributed by atoms with E-state index in [1.165, 1.54) is 0 Å². The van der Waals surface area contributed by atoms with Crippen molar-refractivity contribution in [2.45, 2.75) is 12.5 Å². The fourth-order valence-electron chi connectivity index (χ4n) is 2.91. The van der Waals surface area contributed by atoms with Gasteiger partial charge in [0, 0.05) is 12.0 Å². The van der Waals surface area contributed by atoms with E-state index >= 15 is 0 Å². The van der Waals surface area contributed by atoms with E-state index in [4.69, 9.17) is 0 Å². The van der Waals surface area contributed by atoms with Crippen LogP contribution in [0.4, 0.5) is 17.1 Å². The number of anilines is 1. The molecule has 132 valence electrons. The summed E-state index contributed by atoms with van der Waals surface area (Å²) in [7, 11) is 0. The van der Waals surface area contributed by atoms with Crippen LogP contribution in [-0.4, -0.2) is 17.7 Å². The molecule has 3 aromatic rings. The van der Waals surface area contributed by atoms with E-state index < -0.39 is 0 Å². The Morgan fingerprint density at radius 1 is 0.852 bits per heavy atom. The highest BCUT2D eigenvalue weighted by Gasteiger charge is 2.25. The predicted molar refractivity (Wildman–Crippen MR) is 107 cm³/mol. The summed E-state index contributed by atoms with van der Waals surface area (Å²) in [5, 5.41) is 12.0. The summed E-state index contributed by atoms with van der Waals surface area (Å²) in [4.78, 5) is 17.3. The van der Waals surface area contributed by atoms with E-state index in [1.54, 1.807) is 0 Å². The average molecular weight is 354 g/mol. The summed E-state index contributed by atoms with van der Waals surface area (Å²) < 4.78 is 0. The minimum absolute atomic E-state index is 0.0371. The molecule has 0 saturated carbocycles. The molecule has 0 radical (unpaired) electrons. The molecular formula is C22H18N4O. The van der Waals surface area contributed by atoms with Crippen LogP contribution in [0.2, 0.25) is 0 Å². The van der Waals surface area contributed by atoms with Crippen molar-refractivity contribution in [1.82, 2.24) is 0 Å². The number of carbonyl (C=O) groups is 1. The molecule has 0 amide bonds. The van der Waals surface area contributed by atoms with Crippen LogP contribution < -0.4 is 5.32 Å². The molecule has 1 aliphatic rings. The smallest absolute Gasteiger partial charge is 0.174 e. The molecule has 27 heavy (non-hydrogen) atoms. The van der Waals surface area contributed by atoms with E-state index in [9.17, 15) is 4.79 Å². The number of fused-ring (bicyclic) bond motifs is 1. The number of carbonyl (C=O) groups excluding carboxylic acids is 1. The van der Waals surface area contributed by atoms with Gasteiger partial charge in [0.05, 0.1) is 23.1 Å². The number of hydrogen-bond donors (Lipinski definition) is 1. The Hall–Kier alpha value is -3.60. The molecule has 0 spiro atoms. The number of amidine groups is 1. The number of Topliss-reactive ketones (excluding diaryl/α,β-unsaturated/α-hetero) is 1. The van der Waals surface area contributed by atoms with Gasteiger partial charge in [0.1, 0.15) is 0 Å². The summed E-state index contributed by atoms with van der Waals surface area (Å²) in [6.45, 7) is 0. The van der Waals surface area contributed by atoms with E-state index in [-0.39, 0.29) is 18.2 Å². The Morgan fingerprint density at radius 2 is 1.52 bits per heavy atom. The minimum Gasteiger partial charge on any atom is -0.373 e. The zero-order valence-electron chi connectivity index (χ0n) is 14.6. The van der Waals surface area contributed by atoms with Crippen LogP contribution >= 0.6 is 0 Å². The number of nitrogens with one attached hydrogen (secondary N) is 1. The minimum atomic E-state index is -0.333. The summed E-state index contributed by atoms with van der Waals surface area (Å²) in [5.41, 5.74) is 3.11. The number of ketones is 1. The molecule has 1 heterocycles. The number of nitrogens with zero attached hydrogens (tertiary/aromatic N) is 3. The molecule has 1 unspecified atom stereocenters. The Morgan fingerprint density at radius 3 is 2.30 bits per heavy atom. The standard InChI is InChI=1S/C22H18N4O/c27-21(16-9-3-1-4-10-16)15-20-22(26-25-17-11-5-2-6-12-17)24-19-14-8-7-13-18(19)23-20/h1-14,20,23H,15H2. The van der Waals surface area contributed by atoms with Gasteiger partial charge >= 0.3 is 0 Å². The average Bonchev–Trinajstić information content (AvgIpc) is 2.73. The third-order valence-electron chi connectivity index (χ3n) is 4.29. The van der Waals surface area contributed by atoms with E-state index in [1.807, 2.05) is 84.9 Å². The number of aliphatic imine (C=N–C) groups is 1. The Bertz CT molecular complexity index is 997. The van der Waals surface area contributed by atoms with Crippen LogP contribution in [0.25, 0.3) is 0 Å². The summed E-state index contributed by atoms with van der Waals surface area (Å²) in [5.74, 6) is 0.539. The van der Waals surface area contributed by atoms with Crippen molar-refractivity contribution in [1.29, 1.82) is 0 Å². The number of benzene rings is 3. The van der Waals surface area contributed by atoms with Gasteiger partial charge in [0.2, 0.25) is 0 Å². The summed E-state index contributed by atoms with van der Waals surface area (Å²) >= 11 is 0. The summed E-state index contributed by atoms with van der Waals surface area (Å²) in [6, 6.07) is 26.1. The predicted octanol–water partition coefficient (Wildman–Crippen LogP) is 5.57. The first-order valence-corrected chi connectivity index (χ1v) is 8.79. The highest BCUT2D eigenvalue weighted by atomic mass is 16.1. The number of rotatable bonds is 4. The molecule has 0 fully saturated rings. The maximum absolute atomic E-state index is 12.7. The van der Waals surface area contributed by atoms with Crippen molar-refractivity contribution in [3.8, 4) is 0 Å². The molecule has 0 saturated heterocycles.